The fourth-order valence-corrected chi connectivity index (χ4v) is 3.61. The van der Waals surface area contributed by atoms with Crippen LogP contribution in [0.2, 0.25) is 5.02 Å². The van der Waals surface area contributed by atoms with Crippen molar-refractivity contribution in [3.05, 3.63) is 29.3 Å². The molecule has 1 nitrogen and oxygen atoms in total. The zero-order chi connectivity index (χ0) is 11.4. The van der Waals surface area contributed by atoms with Crippen molar-refractivity contribution in [3.8, 4) is 0 Å². The third kappa shape index (κ3) is 3.16. The standard InChI is InChI=1S/C13H17ClOS/c14-10-6-4-5-8-12(10)16-13-9-3-1-2-7-11(13)15/h4-6,8,11,13,15H,1-3,7,9H2. The maximum absolute atomic E-state index is 10.0. The summed E-state index contributed by atoms with van der Waals surface area (Å²) in [5.74, 6) is 0. The molecule has 0 radical (unpaired) electrons. The van der Waals surface area contributed by atoms with Gasteiger partial charge in [0.15, 0.2) is 0 Å². The monoisotopic (exact) mass is 256 g/mol. The molecular weight excluding hydrogens is 240 g/mol. The van der Waals surface area contributed by atoms with Crippen LogP contribution in [0.5, 0.6) is 0 Å². The fourth-order valence-electron chi connectivity index (χ4n) is 2.09. The minimum absolute atomic E-state index is 0.177. The molecule has 3 heteroatoms. The largest absolute Gasteiger partial charge is 0.392 e. The average Bonchev–Trinajstić information content (AvgIpc) is 2.48. The van der Waals surface area contributed by atoms with Gasteiger partial charge in [0, 0.05) is 10.1 Å². The van der Waals surface area contributed by atoms with E-state index < -0.39 is 0 Å². The molecule has 1 aromatic rings. The van der Waals surface area contributed by atoms with E-state index in [1.54, 1.807) is 11.8 Å². The minimum atomic E-state index is -0.177. The highest BCUT2D eigenvalue weighted by atomic mass is 35.5. The van der Waals surface area contributed by atoms with Gasteiger partial charge in [-0.25, -0.2) is 0 Å². The van der Waals surface area contributed by atoms with Crippen LogP contribution >= 0.6 is 23.4 Å². The van der Waals surface area contributed by atoms with Gasteiger partial charge < -0.3 is 5.11 Å². The highest BCUT2D eigenvalue weighted by Gasteiger charge is 2.23. The zero-order valence-electron chi connectivity index (χ0n) is 9.23. The molecule has 2 rings (SSSR count). The first-order chi connectivity index (χ1) is 7.77. The second-order valence-electron chi connectivity index (χ2n) is 4.29. The van der Waals surface area contributed by atoms with E-state index in [0.29, 0.717) is 5.25 Å². The predicted molar refractivity (Wildman–Crippen MR) is 70.2 cm³/mol. The number of halogens is 1. The van der Waals surface area contributed by atoms with Crippen LogP contribution in [-0.2, 0) is 0 Å². The van der Waals surface area contributed by atoms with Crippen molar-refractivity contribution in [2.45, 2.75) is 48.4 Å². The molecule has 0 aromatic heterocycles. The van der Waals surface area contributed by atoms with Gasteiger partial charge in [0.2, 0.25) is 0 Å². The lowest BCUT2D eigenvalue weighted by molar-refractivity contribution is 0.163. The Bertz CT molecular complexity index is 342. The smallest absolute Gasteiger partial charge is 0.0662 e. The summed E-state index contributed by atoms with van der Waals surface area (Å²) < 4.78 is 0. The number of hydrogen-bond donors (Lipinski definition) is 1. The number of thioether (sulfide) groups is 1. The lowest BCUT2D eigenvalue weighted by Crippen LogP contribution is -2.21. The quantitative estimate of drug-likeness (QED) is 0.803. The molecule has 1 aromatic carbocycles. The SMILES string of the molecule is OC1CCCCCC1Sc1ccccc1Cl. The Balaban J connectivity index is 2.05. The van der Waals surface area contributed by atoms with Crippen LogP contribution in [0.1, 0.15) is 32.1 Å². The van der Waals surface area contributed by atoms with E-state index in [4.69, 9.17) is 11.6 Å². The first kappa shape index (κ1) is 12.3. The maximum atomic E-state index is 10.0. The Morgan fingerprint density at radius 2 is 1.88 bits per heavy atom. The van der Waals surface area contributed by atoms with Gasteiger partial charge in [-0.05, 0) is 25.0 Å². The molecule has 2 atom stereocenters. The van der Waals surface area contributed by atoms with Crippen LogP contribution in [-0.4, -0.2) is 16.5 Å². The van der Waals surface area contributed by atoms with Crippen molar-refractivity contribution in [2.24, 2.45) is 0 Å². The van der Waals surface area contributed by atoms with E-state index in [9.17, 15) is 5.11 Å². The number of aliphatic hydroxyl groups is 1. The molecule has 0 heterocycles. The summed E-state index contributed by atoms with van der Waals surface area (Å²) in [6.07, 6.45) is 5.47. The molecule has 1 aliphatic carbocycles. The minimum Gasteiger partial charge on any atom is -0.392 e. The highest BCUT2D eigenvalue weighted by molar-refractivity contribution is 8.00. The van der Waals surface area contributed by atoms with E-state index in [-0.39, 0.29) is 6.10 Å². The molecule has 0 bridgehead atoms. The molecule has 88 valence electrons. The van der Waals surface area contributed by atoms with Gasteiger partial charge in [0.1, 0.15) is 0 Å². The molecule has 2 unspecified atom stereocenters. The third-order valence-electron chi connectivity index (χ3n) is 3.03. The second-order valence-corrected chi connectivity index (χ2v) is 5.98. The van der Waals surface area contributed by atoms with Crippen LogP contribution in [0.15, 0.2) is 29.2 Å². The average molecular weight is 257 g/mol. The van der Waals surface area contributed by atoms with Crippen molar-refractivity contribution in [3.63, 3.8) is 0 Å². The van der Waals surface area contributed by atoms with Gasteiger partial charge in [-0.2, -0.15) is 0 Å². The molecule has 0 saturated heterocycles. The summed E-state index contributed by atoms with van der Waals surface area (Å²) >= 11 is 7.86. The van der Waals surface area contributed by atoms with Crippen molar-refractivity contribution in [1.29, 1.82) is 0 Å². The lowest BCUT2D eigenvalue weighted by Gasteiger charge is -2.20. The molecule has 1 N–H and O–H groups in total. The molecule has 1 fully saturated rings. The zero-order valence-corrected chi connectivity index (χ0v) is 10.8. The first-order valence-electron chi connectivity index (χ1n) is 5.86. The van der Waals surface area contributed by atoms with E-state index >= 15 is 0 Å². The van der Waals surface area contributed by atoms with E-state index in [2.05, 4.69) is 0 Å². The normalized spacial score (nSPS) is 26.4. The summed E-state index contributed by atoms with van der Waals surface area (Å²) in [5, 5.41) is 11.1. The van der Waals surface area contributed by atoms with Gasteiger partial charge in [0.25, 0.3) is 0 Å². The van der Waals surface area contributed by atoms with Gasteiger partial charge >= 0.3 is 0 Å². The van der Waals surface area contributed by atoms with Crippen molar-refractivity contribution in [1.82, 2.24) is 0 Å². The van der Waals surface area contributed by atoms with E-state index in [0.717, 1.165) is 29.2 Å². The van der Waals surface area contributed by atoms with Crippen LogP contribution in [0.4, 0.5) is 0 Å². The molecule has 0 spiro atoms. The number of benzene rings is 1. The van der Waals surface area contributed by atoms with E-state index in [1.807, 2.05) is 24.3 Å². The number of hydrogen-bond acceptors (Lipinski definition) is 2. The molecule has 0 aliphatic heterocycles. The Kier molecular flexibility index (Phi) is 4.56. The van der Waals surface area contributed by atoms with E-state index in [1.165, 1.54) is 12.8 Å². The second kappa shape index (κ2) is 5.95. The number of rotatable bonds is 2. The first-order valence-corrected chi connectivity index (χ1v) is 7.12. The predicted octanol–water partition coefficient (Wildman–Crippen LogP) is 4.13. The Morgan fingerprint density at radius 1 is 1.12 bits per heavy atom. The van der Waals surface area contributed by atoms with Gasteiger partial charge in [-0.1, -0.05) is 43.0 Å². The number of aliphatic hydroxyl groups excluding tert-OH is 1. The Morgan fingerprint density at radius 3 is 2.69 bits per heavy atom. The van der Waals surface area contributed by atoms with Crippen LogP contribution in [0.3, 0.4) is 0 Å². The Labute approximate surface area is 106 Å². The summed E-state index contributed by atoms with van der Waals surface area (Å²) in [6.45, 7) is 0. The third-order valence-corrected chi connectivity index (χ3v) is 4.94. The maximum Gasteiger partial charge on any atom is 0.0662 e. The fraction of sp³-hybridized carbons (Fsp3) is 0.538. The van der Waals surface area contributed by atoms with Crippen LogP contribution in [0, 0.1) is 0 Å². The highest BCUT2D eigenvalue weighted by Crippen LogP contribution is 2.36. The molecule has 0 amide bonds. The summed E-state index contributed by atoms with van der Waals surface area (Å²) in [4.78, 5) is 1.09. The van der Waals surface area contributed by atoms with Gasteiger partial charge in [-0.15, -0.1) is 11.8 Å². The summed E-state index contributed by atoms with van der Waals surface area (Å²) in [7, 11) is 0. The molecule has 1 aliphatic rings. The Hall–Kier alpha value is -0.180. The van der Waals surface area contributed by atoms with Gasteiger partial charge in [-0.3, -0.25) is 0 Å². The lowest BCUT2D eigenvalue weighted by atomic mass is 10.1. The van der Waals surface area contributed by atoms with Crippen LogP contribution < -0.4 is 0 Å². The molecular formula is C13H17ClOS. The summed E-state index contributed by atoms with van der Waals surface area (Å²) in [6, 6.07) is 7.88. The molecule has 16 heavy (non-hydrogen) atoms. The van der Waals surface area contributed by atoms with Crippen molar-refractivity contribution < 1.29 is 5.11 Å². The van der Waals surface area contributed by atoms with Gasteiger partial charge in [0.05, 0.1) is 11.1 Å². The van der Waals surface area contributed by atoms with Crippen molar-refractivity contribution >= 4 is 23.4 Å². The van der Waals surface area contributed by atoms with Crippen molar-refractivity contribution in [2.75, 3.05) is 0 Å². The van der Waals surface area contributed by atoms with Crippen LogP contribution in [0.25, 0.3) is 0 Å². The molecule has 1 saturated carbocycles. The topological polar surface area (TPSA) is 20.2 Å². The summed E-state index contributed by atoms with van der Waals surface area (Å²) in [5.41, 5.74) is 0.